The molecule has 0 fully saturated rings. The first-order chi connectivity index (χ1) is 5.18. The fraction of sp³-hybridized carbons (Fsp3) is 0.636. The van der Waals surface area contributed by atoms with Gasteiger partial charge in [-0.1, -0.05) is 46.8 Å². The molecule has 0 aromatic carbocycles. The molecule has 0 saturated carbocycles. The molecule has 0 spiro atoms. The van der Waals surface area contributed by atoms with Crippen LogP contribution >= 0.6 is 0 Å². The van der Waals surface area contributed by atoms with E-state index in [1.165, 1.54) is 0 Å². The van der Waals surface area contributed by atoms with Crippen molar-refractivity contribution in [3.05, 3.63) is 26.0 Å². The molecule has 0 nitrogen and oxygen atoms in total. The topological polar surface area (TPSA) is 0 Å². The molecule has 0 aliphatic carbocycles. The van der Waals surface area contributed by atoms with Gasteiger partial charge in [0.25, 0.3) is 0 Å². The zero-order valence-corrected chi connectivity index (χ0v) is 8.43. The molecule has 0 rings (SSSR count). The lowest BCUT2D eigenvalue weighted by Crippen LogP contribution is -2.01. The van der Waals surface area contributed by atoms with Gasteiger partial charge in [0, 0.05) is 0 Å². The second-order valence-corrected chi connectivity index (χ2v) is 2.66. The third-order valence-electron chi connectivity index (χ3n) is 1.65. The maximum absolute atomic E-state index is 3.94. The molecule has 0 aliphatic heterocycles. The molecule has 0 N–H and O–H groups in total. The Labute approximate surface area is 72.7 Å². The summed E-state index contributed by atoms with van der Waals surface area (Å²) in [5.74, 6) is 1.23. The minimum absolute atomic E-state index is 0.543. The molecular weight excluding hydrogens is 132 g/mol. The highest BCUT2D eigenvalue weighted by atomic mass is 14.1. The highest BCUT2D eigenvalue weighted by molar-refractivity contribution is 4.86. The molecule has 0 aromatic heterocycles. The Morgan fingerprint density at radius 2 is 1.73 bits per heavy atom. The molecule has 0 amide bonds. The highest BCUT2D eigenvalue weighted by Gasteiger charge is 2.02. The Hall–Kier alpha value is -0.260. The minimum Gasteiger partial charge on any atom is -0.0883 e. The Morgan fingerprint density at radius 3 is 2.00 bits per heavy atom. The van der Waals surface area contributed by atoms with Crippen LogP contribution in [0.15, 0.2) is 12.2 Å². The molecule has 0 heteroatoms. The largest absolute Gasteiger partial charge is 0.0883 e. The predicted molar refractivity (Wildman–Crippen MR) is 54.1 cm³/mol. The maximum atomic E-state index is 3.94. The lowest BCUT2D eigenvalue weighted by atomic mass is 9.95. The van der Waals surface area contributed by atoms with Gasteiger partial charge in [0.15, 0.2) is 0 Å². The summed E-state index contributed by atoms with van der Waals surface area (Å²) in [6.45, 7) is 15.9. The number of rotatable bonds is 3. The average molecular weight is 154 g/mol. The van der Waals surface area contributed by atoms with E-state index in [4.69, 9.17) is 0 Å². The van der Waals surface area contributed by atoms with Crippen molar-refractivity contribution in [1.82, 2.24) is 0 Å². The van der Waals surface area contributed by atoms with Gasteiger partial charge in [0.2, 0.25) is 0 Å². The molecule has 0 heterocycles. The second kappa shape index (κ2) is 9.74. The minimum atomic E-state index is 0.543. The van der Waals surface area contributed by atoms with Crippen LogP contribution in [0.25, 0.3) is 0 Å². The van der Waals surface area contributed by atoms with Gasteiger partial charge < -0.3 is 0 Å². The van der Waals surface area contributed by atoms with E-state index in [0.29, 0.717) is 11.8 Å². The lowest BCUT2D eigenvalue weighted by molar-refractivity contribution is 0.462. The van der Waals surface area contributed by atoms with E-state index in [1.54, 1.807) is 0 Å². The van der Waals surface area contributed by atoms with E-state index in [0.717, 1.165) is 6.42 Å². The Balaban J connectivity index is 0. The molecule has 0 saturated heterocycles. The maximum Gasteiger partial charge on any atom is -0.0316 e. The first-order valence-electron chi connectivity index (χ1n) is 4.45. The van der Waals surface area contributed by atoms with E-state index in [1.807, 2.05) is 19.9 Å². The van der Waals surface area contributed by atoms with Crippen molar-refractivity contribution in [3.63, 3.8) is 0 Å². The van der Waals surface area contributed by atoms with Crippen LogP contribution in [0.5, 0.6) is 0 Å². The van der Waals surface area contributed by atoms with Gasteiger partial charge >= 0.3 is 0 Å². The van der Waals surface area contributed by atoms with Crippen LogP contribution in [0.4, 0.5) is 0 Å². The van der Waals surface area contributed by atoms with Crippen LogP contribution in [0, 0.1) is 25.7 Å². The van der Waals surface area contributed by atoms with Gasteiger partial charge in [-0.15, -0.1) is 0 Å². The fourth-order valence-corrected chi connectivity index (χ4v) is 0.543. The quantitative estimate of drug-likeness (QED) is 0.578. The molecule has 11 heavy (non-hydrogen) atoms. The Kier molecular flexibility index (Phi) is 11.8. The van der Waals surface area contributed by atoms with Crippen LogP contribution < -0.4 is 0 Å². The summed E-state index contributed by atoms with van der Waals surface area (Å²) >= 11 is 0. The average Bonchev–Trinajstić information content (AvgIpc) is 2.03. The van der Waals surface area contributed by atoms with Gasteiger partial charge in [0.1, 0.15) is 0 Å². The molecule has 66 valence electrons. The predicted octanol–water partition coefficient (Wildman–Crippen LogP) is 3.90. The molecule has 2 radical (unpaired) electrons. The molecule has 2 atom stereocenters. The normalized spacial score (nSPS) is 13.0. The van der Waals surface area contributed by atoms with Gasteiger partial charge in [-0.2, -0.15) is 0 Å². The van der Waals surface area contributed by atoms with Crippen molar-refractivity contribution in [2.24, 2.45) is 11.8 Å². The summed E-state index contributed by atoms with van der Waals surface area (Å²) < 4.78 is 0. The summed E-state index contributed by atoms with van der Waals surface area (Å²) in [5, 5.41) is 0. The third-order valence-corrected chi connectivity index (χ3v) is 1.65. The van der Waals surface area contributed by atoms with E-state index >= 15 is 0 Å². The fourth-order valence-electron chi connectivity index (χ4n) is 0.543. The number of allylic oxidation sites excluding steroid dienone is 2. The van der Waals surface area contributed by atoms with E-state index in [2.05, 4.69) is 33.8 Å². The van der Waals surface area contributed by atoms with Crippen LogP contribution in [-0.4, -0.2) is 0 Å². The summed E-state index contributed by atoms with van der Waals surface area (Å²) in [6.07, 6.45) is 5.04. The monoisotopic (exact) mass is 154 g/mol. The molecule has 0 aromatic rings. The van der Waals surface area contributed by atoms with E-state index < -0.39 is 0 Å². The van der Waals surface area contributed by atoms with Crippen LogP contribution in [0.2, 0.25) is 0 Å². The third kappa shape index (κ3) is 9.74. The number of hydrogen-bond acceptors (Lipinski definition) is 0. The summed E-state index contributed by atoms with van der Waals surface area (Å²) in [7, 11) is 0. The summed E-state index contributed by atoms with van der Waals surface area (Å²) in [5.41, 5.74) is 0. The molecule has 0 aliphatic rings. The highest BCUT2D eigenvalue weighted by Crippen LogP contribution is 2.13. The Bertz CT molecular complexity index is 80.0. The van der Waals surface area contributed by atoms with Gasteiger partial charge in [-0.3, -0.25) is 0 Å². The van der Waals surface area contributed by atoms with Crippen LogP contribution in [-0.2, 0) is 0 Å². The first-order valence-corrected chi connectivity index (χ1v) is 4.45. The standard InChI is InChI=1S/C9H16.C2H6/c1-5-6-7-9(4)8(2)3;1-2/h5-6,8-9H,1-2,7H2,3-4H3;1-2H3/b6-5-;. The van der Waals surface area contributed by atoms with Crippen molar-refractivity contribution in [3.8, 4) is 0 Å². The molecule has 2 unspecified atom stereocenters. The van der Waals surface area contributed by atoms with Crippen molar-refractivity contribution < 1.29 is 0 Å². The van der Waals surface area contributed by atoms with Crippen molar-refractivity contribution in [1.29, 1.82) is 0 Å². The second-order valence-electron chi connectivity index (χ2n) is 2.66. The Morgan fingerprint density at radius 1 is 1.27 bits per heavy atom. The SMILES string of the molecule is CC.[CH2]/C=C\CC(C)C([CH2])C. The van der Waals surface area contributed by atoms with Crippen LogP contribution in [0.3, 0.4) is 0 Å². The van der Waals surface area contributed by atoms with Crippen LogP contribution in [0.1, 0.15) is 34.1 Å². The van der Waals surface area contributed by atoms with E-state index in [9.17, 15) is 0 Å². The summed E-state index contributed by atoms with van der Waals surface area (Å²) in [6, 6.07) is 0. The van der Waals surface area contributed by atoms with Crippen molar-refractivity contribution >= 4 is 0 Å². The van der Waals surface area contributed by atoms with Gasteiger partial charge in [-0.05, 0) is 25.2 Å². The molecule has 0 bridgehead atoms. The molecular formula is C11H22. The lowest BCUT2D eigenvalue weighted by Gasteiger charge is -2.11. The summed E-state index contributed by atoms with van der Waals surface area (Å²) in [4.78, 5) is 0. The van der Waals surface area contributed by atoms with Gasteiger partial charge in [-0.25, -0.2) is 0 Å². The first kappa shape index (κ1) is 13.3. The van der Waals surface area contributed by atoms with Crippen molar-refractivity contribution in [2.75, 3.05) is 0 Å². The van der Waals surface area contributed by atoms with Gasteiger partial charge in [0.05, 0.1) is 0 Å². The van der Waals surface area contributed by atoms with Crippen molar-refractivity contribution in [2.45, 2.75) is 34.1 Å². The zero-order valence-electron chi connectivity index (χ0n) is 8.43. The number of hydrogen-bond donors (Lipinski definition) is 0. The van der Waals surface area contributed by atoms with E-state index in [-0.39, 0.29) is 0 Å². The zero-order chi connectivity index (χ0) is 9.28. The smallest absolute Gasteiger partial charge is 0.0316 e.